The fourth-order valence-electron chi connectivity index (χ4n) is 2.88. The lowest BCUT2D eigenvalue weighted by Gasteiger charge is -2.14. The molecule has 7 nitrogen and oxygen atoms in total. The van der Waals surface area contributed by atoms with Gasteiger partial charge < -0.3 is 14.2 Å². The van der Waals surface area contributed by atoms with Crippen LogP contribution in [0.2, 0.25) is 5.02 Å². The van der Waals surface area contributed by atoms with Gasteiger partial charge in [0.25, 0.3) is 0 Å². The van der Waals surface area contributed by atoms with Gasteiger partial charge in [0.15, 0.2) is 18.0 Å². The smallest absolute Gasteiger partial charge is 0.228 e. The molecule has 0 saturated carbocycles. The van der Waals surface area contributed by atoms with Crippen LogP contribution in [0.4, 0.5) is 5.69 Å². The normalized spacial score (nSPS) is 10.5. The number of benzene rings is 3. The van der Waals surface area contributed by atoms with Gasteiger partial charge in [0.2, 0.25) is 5.91 Å². The molecule has 0 radical (unpaired) electrons. The maximum absolute atomic E-state index is 12.4. The second kappa shape index (κ2) is 11.5. The van der Waals surface area contributed by atoms with E-state index in [4.69, 9.17) is 26.4 Å². The molecule has 0 bridgehead atoms. The third kappa shape index (κ3) is 6.73. The standard InChI is InChI=1S/C23H22ClN3O4S/c1-15(28)16-6-4-7-20(11-16)30-14-18-9-10-19(13-22(18)31-32-27-25)26-23(29)12-17-5-2-3-8-21(17)24/h2-11,13,27H,12,14,25H2,1H3,(H,26,29). The van der Waals surface area contributed by atoms with Gasteiger partial charge in [-0.25, -0.2) is 0 Å². The predicted octanol–water partition coefficient (Wildman–Crippen LogP) is 4.71. The minimum atomic E-state index is -0.210. The van der Waals surface area contributed by atoms with Crippen LogP contribution in [0.3, 0.4) is 0 Å². The lowest BCUT2D eigenvalue weighted by atomic mass is 10.1. The Labute approximate surface area is 195 Å². The van der Waals surface area contributed by atoms with Crippen molar-refractivity contribution in [2.24, 2.45) is 5.84 Å². The molecule has 0 heterocycles. The van der Waals surface area contributed by atoms with Crippen molar-refractivity contribution < 1.29 is 18.5 Å². The number of hydrogen-bond donors (Lipinski definition) is 3. The van der Waals surface area contributed by atoms with Crippen LogP contribution in [-0.2, 0) is 17.8 Å². The number of carbonyl (C=O) groups is 2. The summed E-state index contributed by atoms with van der Waals surface area (Å²) < 4.78 is 11.4. The SMILES string of the molecule is CC(=O)c1cccc(OCc2ccc(NC(=O)Cc3ccccc3Cl)cc2OSNN)c1. The van der Waals surface area contributed by atoms with Gasteiger partial charge in [-0.15, -0.1) is 0 Å². The molecule has 3 rings (SSSR count). The molecule has 0 atom stereocenters. The van der Waals surface area contributed by atoms with Gasteiger partial charge in [-0.05, 0) is 42.8 Å². The van der Waals surface area contributed by atoms with E-state index in [1.165, 1.54) is 6.92 Å². The number of rotatable bonds is 10. The van der Waals surface area contributed by atoms with Crippen molar-refractivity contribution in [3.63, 3.8) is 0 Å². The van der Waals surface area contributed by atoms with Crippen LogP contribution >= 0.6 is 23.8 Å². The van der Waals surface area contributed by atoms with E-state index in [9.17, 15) is 9.59 Å². The Morgan fingerprint density at radius 1 is 1.03 bits per heavy atom. The molecule has 0 fully saturated rings. The second-order valence-corrected chi connectivity index (χ2v) is 7.77. The van der Waals surface area contributed by atoms with E-state index in [2.05, 4.69) is 10.1 Å². The quantitative estimate of drug-likeness (QED) is 0.129. The van der Waals surface area contributed by atoms with Crippen LogP contribution in [0.25, 0.3) is 0 Å². The minimum absolute atomic E-state index is 0.0400. The monoisotopic (exact) mass is 471 g/mol. The first-order valence-corrected chi connectivity index (χ1v) is 10.8. The molecule has 0 spiro atoms. The van der Waals surface area contributed by atoms with Crippen LogP contribution in [0, 0.1) is 0 Å². The highest BCUT2D eigenvalue weighted by Gasteiger charge is 2.12. The first kappa shape index (κ1) is 23.6. The highest BCUT2D eigenvalue weighted by molar-refractivity contribution is 7.93. The number of Topliss-reactive ketones (excluding diaryl/α,β-unsaturated/α-hetero) is 1. The Kier molecular flexibility index (Phi) is 8.52. The summed E-state index contributed by atoms with van der Waals surface area (Å²) in [5.41, 5.74) is 2.59. The third-order valence-corrected chi connectivity index (χ3v) is 5.20. The minimum Gasteiger partial charge on any atom is -0.489 e. The summed E-state index contributed by atoms with van der Waals surface area (Å²) in [6.45, 7) is 1.69. The number of nitrogens with one attached hydrogen (secondary N) is 2. The fraction of sp³-hybridized carbons (Fsp3) is 0.130. The van der Waals surface area contributed by atoms with Crippen molar-refractivity contribution in [2.45, 2.75) is 20.0 Å². The number of ketones is 1. The van der Waals surface area contributed by atoms with Crippen LogP contribution < -0.4 is 24.9 Å². The molecule has 166 valence electrons. The molecule has 3 aromatic carbocycles. The first-order valence-electron chi connectivity index (χ1n) is 9.65. The second-order valence-electron chi connectivity index (χ2n) is 6.80. The summed E-state index contributed by atoms with van der Waals surface area (Å²) >= 11 is 6.97. The lowest BCUT2D eigenvalue weighted by Crippen LogP contribution is -2.15. The molecule has 0 aliphatic rings. The van der Waals surface area contributed by atoms with Crippen molar-refractivity contribution >= 4 is 41.2 Å². The maximum Gasteiger partial charge on any atom is 0.228 e. The molecule has 1 amide bonds. The molecule has 0 aliphatic heterocycles. The van der Waals surface area contributed by atoms with Crippen molar-refractivity contribution in [2.75, 3.05) is 5.32 Å². The molecule has 4 N–H and O–H groups in total. The van der Waals surface area contributed by atoms with E-state index < -0.39 is 0 Å². The maximum atomic E-state index is 12.4. The topological polar surface area (TPSA) is 103 Å². The van der Waals surface area contributed by atoms with Gasteiger partial charge in [-0.2, -0.15) is 4.83 Å². The van der Waals surface area contributed by atoms with Gasteiger partial charge in [-0.1, -0.05) is 41.9 Å². The molecule has 0 aliphatic carbocycles. The Balaban J connectivity index is 1.70. The summed E-state index contributed by atoms with van der Waals surface area (Å²) in [6.07, 6.45) is 0.145. The van der Waals surface area contributed by atoms with Gasteiger partial charge >= 0.3 is 0 Å². The summed E-state index contributed by atoms with van der Waals surface area (Å²) in [5.74, 6) is 6.07. The summed E-state index contributed by atoms with van der Waals surface area (Å²) in [6, 6.07) is 19.4. The fourth-order valence-corrected chi connectivity index (χ4v) is 3.38. The molecular formula is C23H22ClN3O4S. The highest BCUT2D eigenvalue weighted by atomic mass is 35.5. The highest BCUT2D eigenvalue weighted by Crippen LogP contribution is 2.28. The van der Waals surface area contributed by atoms with Crippen LogP contribution in [-0.4, -0.2) is 11.7 Å². The van der Waals surface area contributed by atoms with Crippen molar-refractivity contribution in [3.8, 4) is 11.5 Å². The molecule has 9 heteroatoms. The Morgan fingerprint density at radius 3 is 2.59 bits per heavy atom. The Hall–Kier alpha value is -3.04. The van der Waals surface area contributed by atoms with Gasteiger partial charge in [0.1, 0.15) is 18.1 Å². The van der Waals surface area contributed by atoms with E-state index in [1.54, 1.807) is 48.5 Å². The number of hydrogen-bond acceptors (Lipinski definition) is 7. The predicted molar refractivity (Wildman–Crippen MR) is 127 cm³/mol. The lowest BCUT2D eigenvalue weighted by molar-refractivity contribution is -0.115. The molecular weight excluding hydrogens is 450 g/mol. The summed E-state index contributed by atoms with van der Waals surface area (Å²) in [7, 11) is 0. The number of anilines is 1. The number of carbonyl (C=O) groups excluding carboxylic acids is 2. The number of halogens is 1. The van der Waals surface area contributed by atoms with Crippen LogP contribution in [0.5, 0.6) is 11.5 Å². The third-order valence-electron chi connectivity index (χ3n) is 4.47. The number of amides is 1. The van der Waals surface area contributed by atoms with Gasteiger partial charge in [-0.3, -0.25) is 15.4 Å². The van der Waals surface area contributed by atoms with Crippen molar-refractivity contribution in [1.82, 2.24) is 4.83 Å². The van der Waals surface area contributed by atoms with Gasteiger partial charge in [0.05, 0.1) is 6.42 Å². The molecule has 0 saturated heterocycles. The molecule has 0 aromatic heterocycles. The summed E-state index contributed by atoms with van der Waals surface area (Å²) in [5, 5.41) is 3.38. The largest absolute Gasteiger partial charge is 0.489 e. The van der Waals surface area contributed by atoms with Crippen LogP contribution in [0.1, 0.15) is 28.4 Å². The zero-order valence-electron chi connectivity index (χ0n) is 17.3. The van der Waals surface area contributed by atoms with E-state index >= 15 is 0 Å². The number of nitrogens with two attached hydrogens (primary N) is 1. The van der Waals surface area contributed by atoms with Crippen molar-refractivity contribution in [3.05, 3.63) is 88.4 Å². The van der Waals surface area contributed by atoms with E-state index in [0.29, 0.717) is 27.8 Å². The number of hydrazine groups is 1. The average molecular weight is 472 g/mol. The van der Waals surface area contributed by atoms with E-state index in [-0.39, 0.29) is 24.7 Å². The zero-order chi connectivity index (χ0) is 22.9. The van der Waals surface area contributed by atoms with Crippen LogP contribution in [0.15, 0.2) is 66.7 Å². The molecule has 3 aromatic rings. The van der Waals surface area contributed by atoms with E-state index in [1.807, 2.05) is 18.2 Å². The first-order chi connectivity index (χ1) is 15.5. The average Bonchev–Trinajstić information content (AvgIpc) is 2.78. The zero-order valence-corrected chi connectivity index (χ0v) is 18.8. The summed E-state index contributed by atoms with van der Waals surface area (Å²) in [4.78, 5) is 26.4. The van der Waals surface area contributed by atoms with Gasteiger partial charge in [0, 0.05) is 27.9 Å². The Morgan fingerprint density at radius 2 is 1.84 bits per heavy atom. The van der Waals surface area contributed by atoms with E-state index in [0.717, 1.165) is 23.4 Å². The molecule has 0 unspecified atom stereocenters. The number of ether oxygens (including phenoxy) is 1. The molecule has 32 heavy (non-hydrogen) atoms. The van der Waals surface area contributed by atoms with Crippen molar-refractivity contribution in [1.29, 1.82) is 0 Å². The Bertz CT molecular complexity index is 1110.